The molecule has 8 nitrogen and oxygen atoms in total. The van der Waals surface area contributed by atoms with E-state index in [0.717, 1.165) is 29.2 Å². The largest absolute Gasteiger partial charge is 0.433 e. The van der Waals surface area contributed by atoms with Crippen LogP contribution in [0.2, 0.25) is 0 Å². The van der Waals surface area contributed by atoms with E-state index in [2.05, 4.69) is 25.0 Å². The number of sulfonamides is 1. The monoisotopic (exact) mass is 553 g/mol. The molecular weight excluding hydrogens is 536 g/mol. The molecule has 0 atom stereocenters. The fourth-order valence-electron chi connectivity index (χ4n) is 3.41. The summed E-state index contributed by atoms with van der Waals surface area (Å²) in [7, 11) is -4.72. The van der Waals surface area contributed by atoms with Gasteiger partial charge >= 0.3 is 12.4 Å². The molecule has 0 spiro atoms. The molecule has 0 bridgehead atoms. The van der Waals surface area contributed by atoms with Crippen LogP contribution in [0.4, 0.5) is 38.0 Å². The fourth-order valence-corrected chi connectivity index (χ4v) is 5.81. The van der Waals surface area contributed by atoms with Gasteiger partial charge in [0.15, 0.2) is 5.75 Å². The minimum atomic E-state index is -4.92. The van der Waals surface area contributed by atoms with Crippen LogP contribution < -0.4 is 10.0 Å². The van der Waals surface area contributed by atoms with Crippen molar-refractivity contribution >= 4 is 33.0 Å². The van der Waals surface area contributed by atoms with E-state index in [9.17, 15) is 34.8 Å². The predicted octanol–water partition coefficient (Wildman–Crippen LogP) is 4.38. The molecule has 0 amide bonds. The second-order valence-electron chi connectivity index (χ2n) is 8.06. The molecule has 1 aliphatic rings. The number of aromatic nitrogens is 3. The molecule has 4 rings (SSSR count). The fraction of sp³-hybridized carbons (Fsp3) is 0.350. The van der Waals surface area contributed by atoms with E-state index in [1.807, 2.05) is 0 Å². The summed E-state index contributed by atoms with van der Waals surface area (Å²) in [6.45, 7) is 1.37. The lowest BCUT2D eigenvalue weighted by Gasteiger charge is -2.39. The first kappa shape index (κ1) is 26.2. The standard InChI is InChI=1S/C20H17F6N5O3S2/c1-11-4-12(6-13(5-11)29-17-27-3-2-15(30-17)20(24,25)26)14-7-28-16(35-14)18(8-34-9-18)31-36(32,33)10-19(21,22)23/h2-7,31H,8-10H2,1H3,(H,27,29,30). The molecule has 1 saturated heterocycles. The third-order valence-electron chi connectivity index (χ3n) is 4.88. The summed E-state index contributed by atoms with van der Waals surface area (Å²) in [5, 5.41) is 2.94. The SMILES string of the molecule is Cc1cc(Nc2nccc(C(F)(F)F)n2)cc(-c2cnc(C3(NS(=O)(=O)CC(F)(F)F)COC3)s2)c1. The highest BCUT2D eigenvalue weighted by Crippen LogP contribution is 2.38. The van der Waals surface area contributed by atoms with Gasteiger partial charge < -0.3 is 10.1 Å². The average molecular weight is 554 g/mol. The average Bonchev–Trinajstić information content (AvgIpc) is 3.19. The zero-order chi connectivity index (χ0) is 26.4. The lowest BCUT2D eigenvalue weighted by molar-refractivity contribution is -0.141. The van der Waals surface area contributed by atoms with Crippen molar-refractivity contribution in [2.75, 3.05) is 24.3 Å². The lowest BCUT2D eigenvalue weighted by atomic mass is 10.0. The number of hydrogen-bond donors (Lipinski definition) is 2. The Morgan fingerprint density at radius 1 is 1.11 bits per heavy atom. The molecule has 194 valence electrons. The summed E-state index contributed by atoms with van der Waals surface area (Å²) in [5.41, 5.74) is -0.844. The van der Waals surface area contributed by atoms with Crippen LogP contribution in [-0.4, -0.2) is 48.5 Å². The van der Waals surface area contributed by atoms with Crippen molar-refractivity contribution in [3.8, 4) is 10.4 Å². The van der Waals surface area contributed by atoms with Crippen LogP contribution in [-0.2, 0) is 26.5 Å². The molecule has 2 aromatic heterocycles. The maximum Gasteiger partial charge on any atom is 0.433 e. The topological polar surface area (TPSA) is 106 Å². The number of rotatable bonds is 7. The molecule has 0 saturated carbocycles. The minimum Gasteiger partial charge on any atom is -0.376 e. The van der Waals surface area contributed by atoms with Gasteiger partial charge in [0.05, 0.1) is 18.1 Å². The van der Waals surface area contributed by atoms with Crippen LogP contribution in [0.3, 0.4) is 0 Å². The zero-order valence-electron chi connectivity index (χ0n) is 18.2. The van der Waals surface area contributed by atoms with Crippen LogP contribution in [0.25, 0.3) is 10.4 Å². The second-order valence-corrected chi connectivity index (χ2v) is 10.8. The Morgan fingerprint density at radius 2 is 1.83 bits per heavy atom. The van der Waals surface area contributed by atoms with E-state index in [4.69, 9.17) is 4.74 Å². The molecule has 1 fully saturated rings. The number of anilines is 2. The maximum absolute atomic E-state index is 12.9. The third kappa shape index (κ3) is 6.11. The first-order chi connectivity index (χ1) is 16.6. The number of benzene rings is 1. The molecule has 1 aromatic carbocycles. The predicted molar refractivity (Wildman–Crippen MR) is 118 cm³/mol. The number of nitrogens with zero attached hydrogens (tertiary/aromatic N) is 3. The van der Waals surface area contributed by atoms with E-state index in [0.29, 0.717) is 16.1 Å². The van der Waals surface area contributed by atoms with E-state index < -0.39 is 39.4 Å². The third-order valence-corrected chi connectivity index (χ3v) is 7.54. The summed E-state index contributed by atoms with van der Waals surface area (Å²) in [5.74, 6) is -2.30. The van der Waals surface area contributed by atoms with E-state index in [1.54, 1.807) is 25.1 Å². The van der Waals surface area contributed by atoms with Gasteiger partial charge in [-0.05, 0) is 36.2 Å². The van der Waals surface area contributed by atoms with Crippen molar-refractivity contribution in [3.63, 3.8) is 0 Å². The number of hydrogen-bond acceptors (Lipinski definition) is 8. The lowest BCUT2D eigenvalue weighted by Crippen LogP contribution is -2.60. The van der Waals surface area contributed by atoms with Gasteiger partial charge in [0.25, 0.3) is 0 Å². The van der Waals surface area contributed by atoms with Gasteiger partial charge in [0, 0.05) is 18.1 Å². The highest BCUT2D eigenvalue weighted by Gasteiger charge is 2.48. The Balaban J connectivity index is 1.59. The van der Waals surface area contributed by atoms with E-state index >= 15 is 0 Å². The number of aryl methyl sites for hydroxylation is 1. The molecule has 0 radical (unpaired) electrons. The Kier molecular flexibility index (Phi) is 6.74. The van der Waals surface area contributed by atoms with Crippen molar-refractivity contribution in [1.29, 1.82) is 0 Å². The highest BCUT2D eigenvalue weighted by molar-refractivity contribution is 7.89. The molecule has 0 unspecified atom stereocenters. The number of thiazole rings is 1. The summed E-state index contributed by atoms with van der Waals surface area (Å²) < 4.78 is 108. The van der Waals surface area contributed by atoms with Crippen molar-refractivity contribution in [2.24, 2.45) is 0 Å². The van der Waals surface area contributed by atoms with Gasteiger partial charge in [-0.2, -0.15) is 31.1 Å². The van der Waals surface area contributed by atoms with Gasteiger partial charge in [-0.3, -0.25) is 0 Å². The molecule has 2 N–H and O–H groups in total. The van der Waals surface area contributed by atoms with Gasteiger partial charge in [-0.25, -0.2) is 23.4 Å². The minimum absolute atomic E-state index is 0.190. The number of ether oxygens (including phenoxy) is 1. The smallest absolute Gasteiger partial charge is 0.376 e. The van der Waals surface area contributed by atoms with Crippen LogP contribution in [0.1, 0.15) is 16.3 Å². The Morgan fingerprint density at radius 3 is 2.44 bits per heavy atom. The molecule has 16 heteroatoms. The summed E-state index contributed by atoms with van der Waals surface area (Å²) in [4.78, 5) is 12.0. The Bertz CT molecular complexity index is 1370. The van der Waals surface area contributed by atoms with Crippen molar-refractivity contribution in [1.82, 2.24) is 19.7 Å². The number of nitrogens with one attached hydrogen (secondary N) is 2. The second kappa shape index (κ2) is 9.24. The van der Waals surface area contributed by atoms with Gasteiger partial charge in [-0.1, -0.05) is 6.07 Å². The first-order valence-electron chi connectivity index (χ1n) is 10.1. The van der Waals surface area contributed by atoms with Gasteiger partial charge in [-0.15, -0.1) is 11.3 Å². The molecule has 1 aliphatic heterocycles. The van der Waals surface area contributed by atoms with Gasteiger partial charge in [0.1, 0.15) is 16.2 Å². The van der Waals surface area contributed by atoms with Crippen LogP contribution >= 0.6 is 11.3 Å². The van der Waals surface area contributed by atoms with E-state index in [-0.39, 0.29) is 24.2 Å². The van der Waals surface area contributed by atoms with Crippen LogP contribution in [0, 0.1) is 6.92 Å². The molecule has 3 heterocycles. The highest BCUT2D eigenvalue weighted by atomic mass is 32.2. The summed E-state index contributed by atoms with van der Waals surface area (Å²) in [6, 6.07) is 5.76. The zero-order valence-corrected chi connectivity index (χ0v) is 19.9. The molecule has 3 aromatic rings. The first-order valence-corrected chi connectivity index (χ1v) is 12.5. The quantitative estimate of drug-likeness (QED) is 0.419. The summed E-state index contributed by atoms with van der Waals surface area (Å²) in [6.07, 6.45) is -7.15. The van der Waals surface area contributed by atoms with Crippen molar-refractivity contribution < 1.29 is 39.5 Å². The van der Waals surface area contributed by atoms with Gasteiger partial charge in [0.2, 0.25) is 16.0 Å². The molecule has 0 aliphatic carbocycles. The number of halogens is 6. The maximum atomic E-state index is 12.9. The normalized spacial score (nSPS) is 16.0. The van der Waals surface area contributed by atoms with Crippen LogP contribution in [0.5, 0.6) is 0 Å². The van der Waals surface area contributed by atoms with E-state index in [1.165, 1.54) is 6.20 Å². The molecule has 36 heavy (non-hydrogen) atoms. The summed E-state index contributed by atoms with van der Waals surface area (Å²) >= 11 is 1.05. The molecular formula is C20H17F6N5O3S2. The van der Waals surface area contributed by atoms with Crippen molar-refractivity contribution in [3.05, 3.63) is 52.9 Å². The number of alkyl halides is 6. The Labute approximate surface area is 204 Å². The Hall–Kier alpha value is -2.82. The van der Waals surface area contributed by atoms with Crippen molar-refractivity contribution in [2.45, 2.75) is 24.8 Å². The van der Waals surface area contributed by atoms with Crippen LogP contribution in [0.15, 0.2) is 36.7 Å².